The highest BCUT2D eigenvalue weighted by atomic mass is 16.1. The summed E-state index contributed by atoms with van der Waals surface area (Å²) >= 11 is 0. The highest BCUT2D eigenvalue weighted by molar-refractivity contribution is 5.95. The Morgan fingerprint density at radius 3 is 2.86 bits per heavy atom. The molecule has 3 nitrogen and oxygen atoms in total. The number of carbonyl (C=O) groups is 1. The molecular formula is C11H16N2O. The molecule has 2 aliphatic carbocycles. The van der Waals surface area contributed by atoms with E-state index in [4.69, 9.17) is 5.73 Å². The molecule has 3 heteroatoms. The Morgan fingerprint density at radius 2 is 2.29 bits per heavy atom. The van der Waals surface area contributed by atoms with Crippen molar-refractivity contribution in [2.24, 2.45) is 5.73 Å². The summed E-state index contributed by atoms with van der Waals surface area (Å²) in [5.41, 5.74) is 7.14. The summed E-state index contributed by atoms with van der Waals surface area (Å²) in [6.07, 6.45) is 9.02. The maximum Gasteiger partial charge on any atom is 0.249 e. The van der Waals surface area contributed by atoms with Crippen LogP contribution < -0.4 is 11.1 Å². The number of rotatable bonds is 2. The molecule has 0 bridgehead atoms. The smallest absolute Gasteiger partial charge is 0.249 e. The molecule has 0 radical (unpaired) electrons. The van der Waals surface area contributed by atoms with Gasteiger partial charge in [0.25, 0.3) is 0 Å². The quantitative estimate of drug-likeness (QED) is 0.691. The van der Waals surface area contributed by atoms with Crippen LogP contribution in [0.3, 0.4) is 0 Å². The average molecular weight is 192 g/mol. The molecule has 0 aliphatic heterocycles. The van der Waals surface area contributed by atoms with Gasteiger partial charge in [-0.3, -0.25) is 4.79 Å². The molecule has 0 aromatic rings. The molecule has 0 aromatic carbocycles. The second-order valence-electron chi connectivity index (χ2n) is 3.98. The van der Waals surface area contributed by atoms with Gasteiger partial charge in [0.1, 0.15) is 0 Å². The molecule has 1 saturated carbocycles. The highest BCUT2D eigenvalue weighted by Crippen LogP contribution is 2.20. The summed E-state index contributed by atoms with van der Waals surface area (Å²) in [7, 11) is 0. The Labute approximate surface area is 84.0 Å². The maximum atomic E-state index is 11.7. The van der Waals surface area contributed by atoms with Crippen LogP contribution in [0.4, 0.5) is 0 Å². The van der Waals surface area contributed by atoms with E-state index in [1.165, 1.54) is 6.42 Å². The largest absolute Gasteiger partial charge is 0.398 e. The fourth-order valence-electron chi connectivity index (χ4n) is 1.75. The predicted octanol–water partition coefficient (Wildman–Crippen LogP) is 1.22. The van der Waals surface area contributed by atoms with E-state index in [2.05, 4.69) is 5.32 Å². The Kier molecular flexibility index (Phi) is 2.57. The van der Waals surface area contributed by atoms with Crippen molar-refractivity contribution in [2.45, 2.75) is 38.1 Å². The van der Waals surface area contributed by atoms with Gasteiger partial charge in [0.2, 0.25) is 5.91 Å². The fourth-order valence-corrected chi connectivity index (χ4v) is 1.75. The minimum absolute atomic E-state index is 0.0385. The predicted molar refractivity (Wildman–Crippen MR) is 55.4 cm³/mol. The van der Waals surface area contributed by atoms with E-state index >= 15 is 0 Å². The molecule has 2 rings (SSSR count). The van der Waals surface area contributed by atoms with Crippen molar-refractivity contribution >= 4 is 5.91 Å². The molecule has 0 atom stereocenters. The van der Waals surface area contributed by atoms with Crippen LogP contribution in [-0.2, 0) is 4.79 Å². The van der Waals surface area contributed by atoms with Crippen LogP contribution in [0.1, 0.15) is 32.1 Å². The fraction of sp³-hybridized carbons (Fsp3) is 0.545. The van der Waals surface area contributed by atoms with Gasteiger partial charge in [0.15, 0.2) is 0 Å². The number of allylic oxidation sites excluding steroid dienone is 2. The van der Waals surface area contributed by atoms with Gasteiger partial charge in [-0.1, -0.05) is 6.08 Å². The third-order valence-corrected chi connectivity index (χ3v) is 2.92. The van der Waals surface area contributed by atoms with E-state index in [0.717, 1.165) is 31.3 Å². The first kappa shape index (κ1) is 9.31. The summed E-state index contributed by atoms with van der Waals surface area (Å²) < 4.78 is 0. The highest BCUT2D eigenvalue weighted by Gasteiger charge is 2.22. The third-order valence-electron chi connectivity index (χ3n) is 2.92. The lowest BCUT2D eigenvalue weighted by Gasteiger charge is -2.27. The summed E-state index contributed by atoms with van der Waals surface area (Å²) in [4.78, 5) is 11.7. The first-order valence-electron chi connectivity index (χ1n) is 5.23. The summed E-state index contributed by atoms with van der Waals surface area (Å²) in [5.74, 6) is 0.0385. The van der Waals surface area contributed by atoms with Gasteiger partial charge in [-0.25, -0.2) is 0 Å². The number of nitrogens with one attached hydrogen (secondary N) is 1. The Hall–Kier alpha value is -1.25. The minimum Gasteiger partial charge on any atom is -0.398 e. The second-order valence-corrected chi connectivity index (χ2v) is 3.98. The molecule has 3 N–H and O–H groups in total. The molecule has 0 unspecified atom stereocenters. The van der Waals surface area contributed by atoms with E-state index < -0.39 is 0 Å². The average Bonchev–Trinajstić information content (AvgIpc) is 2.12. The second kappa shape index (κ2) is 3.86. The summed E-state index contributed by atoms with van der Waals surface area (Å²) in [6, 6.07) is 0.397. The van der Waals surface area contributed by atoms with Crippen LogP contribution in [0.2, 0.25) is 0 Å². The molecule has 0 aromatic heterocycles. The van der Waals surface area contributed by atoms with Crippen molar-refractivity contribution < 1.29 is 4.79 Å². The van der Waals surface area contributed by atoms with Gasteiger partial charge in [0.05, 0.1) is 0 Å². The first-order valence-corrected chi connectivity index (χ1v) is 5.23. The van der Waals surface area contributed by atoms with Gasteiger partial charge in [-0.15, -0.1) is 0 Å². The monoisotopic (exact) mass is 192 g/mol. The van der Waals surface area contributed by atoms with E-state index in [-0.39, 0.29) is 5.91 Å². The summed E-state index contributed by atoms with van der Waals surface area (Å²) in [6.45, 7) is 0. The lowest BCUT2D eigenvalue weighted by atomic mass is 9.92. The maximum absolute atomic E-state index is 11.7. The SMILES string of the molecule is NC1=C(C(=O)NC2CCC2)CCC=C1. The van der Waals surface area contributed by atoms with E-state index in [1.54, 1.807) is 0 Å². The van der Waals surface area contributed by atoms with Crippen LogP contribution in [0.25, 0.3) is 0 Å². The number of hydrogen-bond acceptors (Lipinski definition) is 2. The molecule has 1 amide bonds. The lowest BCUT2D eigenvalue weighted by molar-refractivity contribution is -0.118. The first-order chi connectivity index (χ1) is 6.77. The van der Waals surface area contributed by atoms with Crippen molar-refractivity contribution in [2.75, 3.05) is 0 Å². The van der Waals surface area contributed by atoms with E-state index in [0.29, 0.717) is 11.7 Å². The zero-order valence-corrected chi connectivity index (χ0v) is 8.25. The van der Waals surface area contributed by atoms with Crippen LogP contribution >= 0.6 is 0 Å². The number of nitrogens with two attached hydrogens (primary N) is 1. The van der Waals surface area contributed by atoms with Gasteiger partial charge in [-0.2, -0.15) is 0 Å². The lowest BCUT2D eigenvalue weighted by Crippen LogP contribution is -2.40. The minimum atomic E-state index is 0.0385. The molecule has 2 aliphatic rings. The Balaban J connectivity index is 1.98. The standard InChI is InChI=1S/C11H16N2O/c12-10-7-2-1-6-9(10)11(14)13-8-4-3-5-8/h2,7-8H,1,3-6,12H2,(H,13,14). The van der Waals surface area contributed by atoms with Crippen molar-refractivity contribution in [3.8, 4) is 0 Å². The number of hydrogen-bond donors (Lipinski definition) is 2. The van der Waals surface area contributed by atoms with Crippen molar-refractivity contribution in [1.29, 1.82) is 0 Å². The van der Waals surface area contributed by atoms with Gasteiger partial charge in [0, 0.05) is 17.3 Å². The van der Waals surface area contributed by atoms with Crippen LogP contribution in [-0.4, -0.2) is 11.9 Å². The molecule has 1 fully saturated rings. The molecular weight excluding hydrogens is 176 g/mol. The molecule has 14 heavy (non-hydrogen) atoms. The van der Waals surface area contributed by atoms with E-state index in [1.807, 2.05) is 12.2 Å². The zero-order valence-electron chi connectivity index (χ0n) is 8.25. The normalized spacial score (nSPS) is 22.0. The van der Waals surface area contributed by atoms with Crippen molar-refractivity contribution in [3.05, 3.63) is 23.4 Å². The Bertz CT molecular complexity index is 300. The molecule has 0 spiro atoms. The zero-order chi connectivity index (χ0) is 9.97. The van der Waals surface area contributed by atoms with Crippen molar-refractivity contribution in [3.63, 3.8) is 0 Å². The molecule has 0 heterocycles. The number of carbonyl (C=O) groups excluding carboxylic acids is 1. The molecule has 76 valence electrons. The van der Waals surface area contributed by atoms with Crippen LogP contribution in [0.15, 0.2) is 23.4 Å². The molecule has 0 saturated heterocycles. The third kappa shape index (κ3) is 1.81. The van der Waals surface area contributed by atoms with Gasteiger partial charge < -0.3 is 11.1 Å². The van der Waals surface area contributed by atoms with Crippen molar-refractivity contribution in [1.82, 2.24) is 5.32 Å². The van der Waals surface area contributed by atoms with Crippen LogP contribution in [0, 0.1) is 0 Å². The van der Waals surface area contributed by atoms with E-state index in [9.17, 15) is 4.79 Å². The number of amides is 1. The van der Waals surface area contributed by atoms with Gasteiger partial charge >= 0.3 is 0 Å². The Morgan fingerprint density at radius 1 is 1.50 bits per heavy atom. The van der Waals surface area contributed by atoms with Crippen LogP contribution in [0.5, 0.6) is 0 Å². The topological polar surface area (TPSA) is 55.1 Å². The summed E-state index contributed by atoms with van der Waals surface area (Å²) in [5, 5.41) is 3.01. The van der Waals surface area contributed by atoms with Gasteiger partial charge in [-0.05, 0) is 38.2 Å².